The van der Waals surface area contributed by atoms with Crippen LogP contribution in [0.15, 0.2) is 67.0 Å². The van der Waals surface area contributed by atoms with Crippen molar-refractivity contribution in [3.05, 3.63) is 72.8 Å². The van der Waals surface area contributed by atoms with Crippen LogP contribution in [0.25, 0.3) is 16.8 Å². The van der Waals surface area contributed by atoms with Crippen LogP contribution in [0.5, 0.6) is 11.5 Å². The second-order valence-electron chi connectivity index (χ2n) is 8.77. The number of ether oxygens (including phenoxy) is 1. The first-order valence-electron chi connectivity index (χ1n) is 12.2. The number of aliphatic carboxylic acids is 1. The van der Waals surface area contributed by atoms with Crippen molar-refractivity contribution >= 4 is 17.3 Å². The Bertz CT molecular complexity index is 1250. The highest BCUT2D eigenvalue weighted by atomic mass is 16.5. The van der Waals surface area contributed by atoms with E-state index in [4.69, 9.17) is 15.5 Å². The van der Waals surface area contributed by atoms with E-state index in [1.54, 1.807) is 6.20 Å². The Morgan fingerprint density at radius 3 is 2.49 bits per heavy atom. The first kappa shape index (κ1) is 24.3. The maximum Gasteiger partial charge on any atom is 0.303 e. The van der Waals surface area contributed by atoms with Gasteiger partial charge in [-0.05, 0) is 49.2 Å². The summed E-state index contributed by atoms with van der Waals surface area (Å²) in [6.45, 7) is 2.18. The van der Waals surface area contributed by atoms with E-state index in [1.807, 2.05) is 65.2 Å². The van der Waals surface area contributed by atoms with E-state index in [1.165, 1.54) is 6.42 Å². The van der Waals surface area contributed by atoms with E-state index in [0.717, 1.165) is 59.8 Å². The van der Waals surface area contributed by atoms with Crippen molar-refractivity contribution in [2.75, 3.05) is 5.73 Å². The van der Waals surface area contributed by atoms with Crippen molar-refractivity contribution < 1.29 is 14.6 Å². The van der Waals surface area contributed by atoms with Gasteiger partial charge < -0.3 is 15.6 Å². The molecule has 0 saturated carbocycles. The number of fused-ring (bicyclic) bond motifs is 1. The molecule has 7 heteroatoms. The van der Waals surface area contributed by atoms with E-state index in [9.17, 15) is 9.90 Å². The normalized spacial score (nSPS) is 12.0. The predicted octanol–water partition coefficient (Wildman–Crippen LogP) is 6.69. The number of hydrogen-bond donors (Lipinski definition) is 2. The molecule has 0 amide bonds. The summed E-state index contributed by atoms with van der Waals surface area (Å²) in [4.78, 5) is 20.7. The minimum absolute atomic E-state index is 0.0201. The number of nitrogens with zero attached hydrogens (tertiary/aromatic N) is 3. The Morgan fingerprint density at radius 1 is 1.03 bits per heavy atom. The summed E-state index contributed by atoms with van der Waals surface area (Å²) in [7, 11) is 0. The number of hydrogen-bond acceptors (Lipinski definition) is 5. The molecule has 0 bridgehead atoms. The molecule has 3 N–H and O–H groups in total. The zero-order chi connectivity index (χ0) is 24.6. The van der Waals surface area contributed by atoms with E-state index in [2.05, 4.69) is 11.9 Å². The number of nitrogen functional groups attached to an aromatic ring is 1. The fraction of sp³-hybridized carbons (Fsp3) is 0.321. The summed E-state index contributed by atoms with van der Waals surface area (Å²) in [5, 5.41) is 9.32. The summed E-state index contributed by atoms with van der Waals surface area (Å²) < 4.78 is 7.91. The monoisotopic (exact) mass is 472 g/mol. The predicted molar refractivity (Wildman–Crippen MR) is 138 cm³/mol. The molecule has 0 fully saturated rings. The zero-order valence-electron chi connectivity index (χ0n) is 20.1. The van der Waals surface area contributed by atoms with Gasteiger partial charge in [-0.2, -0.15) is 0 Å². The number of carboxylic acid groups (broad SMARTS) is 1. The molecule has 4 aromatic rings. The lowest BCUT2D eigenvalue weighted by molar-refractivity contribution is -0.137. The number of aromatic nitrogens is 3. The van der Waals surface area contributed by atoms with Crippen molar-refractivity contribution in [3.8, 4) is 22.8 Å². The number of carboxylic acids is 1. The van der Waals surface area contributed by atoms with Gasteiger partial charge in [0.1, 0.15) is 34.4 Å². The Hall–Kier alpha value is -3.87. The van der Waals surface area contributed by atoms with Gasteiger partial charge in [-0.3, -0.25) is 9.20 Å². The minimum Gasteiger partial charge on any atom is -0.481 e. The fourth-order valence-electron chi connectivity index (χ4n) is 4.40. The van der Waals surface area contributed by atoms with Crippen LogP contribution in [-0.4, -0.2) is 25.4 Å². The Kier molecular flexibility index (Phi) is 7.98. The lowest BCUT2D eigenvalue weighted by Crippen LogP contribution is -2.08. The molecule has 0 aliphatic rings. The number of rotatable bonds is 12. The van der Waals surface area contributed by atoms with Crippen LogP contribution in [0.4, 0.5) is 5.82 Å². The topological polar surface area (TPSA) is 103 Å². The molecule has 2 heterocycles. The summed E-state index contributed by atoms with van der Waals surface area (Å²) in [5.41, 5.74) is 8.70. The molecule has 35 heavy (non-hydrogen) atoms. The molecule has 0 radical (unpaired) electrons. The molecular formula is C28H32N4O3. The molecule has 0 unspecified atom stereocenters. The van der Waals surface area contributed by atoms with Gasteiger partial charge in [0.2, 0.25) is 0 Å². The largest absolute Gasteiger partial charge is 0.481 e. The molecule has 0 aliphatic heterocycles. The fourth-order valence-corrected chi connectivity index (χ4v) is 4.40. The number of anilines is 1. The van der Waals surface area contributed by atoms with Gasteiger partial charge in [0.25, 0.3) is 0 Å². The Morgan fingerprint density at radius 2 is 1.77 bits per heavy atom. The molecular weight excluding hydrogens is 440 g/mol. The lowest BCUT2D eigenvalue weighted by atomic mass is 9.95. The van der Waals surface area contributed by atoms with E-state index in [-0.39, 0.29) is 12.3 Å². The molecule has 2 aromatic heterocycles. The summed E-state index contributed by atoms with van der Waals surface area (Å²) in [5.74, 6) is 1.96. The molecule has 0 aliphatic carbocycles. The standard InChI is InChI=1S/C28H32N4O3/c1-2-3-4-6-9-21(14-17-24(33)34)28-31-25(26-27(29)30-18-19-32(26)28)20-12-15-23(16-13-20)35-22-10-7-5-8-11-22/h5,7-8,10-13,15-16,18-19,21H,2-4,6,9,14,17H2,1H3,(H2,29,30)(H,33,34)/t21-/m1/s1. The first-order chi connectivity index (χ1) is 17.1. The SMILES string of the molecule is CCCCCC[C@H](CCC(=O)O)c1nc(-c2ccc(Oc3ccccc3)cc2)c2c(N)nccn12. The highest BCUT2D eigenvalue weighted by Crippen LogP contribution is 2.35. The van der Waals surface area contributed by atoms with Crippen LogP contribution in [0.3, 0.4) is 0 Å². The van der Waals surface area contributed by atoms with Gasteiger partial charge >= 0.3 is 5.97 Å². The van der Waals surface area contributed by atoms with Gasteiger partial charge in [-0.15, -0.1) is 0 Å². The summed E-state index contributed by atoms with van der Waals surface area (Å²) in [6, 6.07) is 17.4. The maximum atomic E-state index is 11.3. The lowest BCUT2D eigenvalue weighted by Gasteiger charge is -2.15. The van der Waals surface area contributed by atoms with E-state index >= 15 is 0 Å². The highest BCUT2D eigenvalue weighted by molar-refractivity contribution is 5.85. The van der Waals surface area contributed by atoms with Gasteiger partial charge in [0.15, 0.2) is 0 Å². The highest BCUT2D eigenvalue weighted by Gasteiger charge is 2.23. The second kappa shape index (κ2) is 11.5. The van der Waals surface area contributed by atoms with Crippen molar-refractivity contribution in [3.63, 3.8) is 0 Å². The number of carbonyl (C=O) groups is 1. The van der Waals surface area contributed by atoms with Crippen LogP contribution < -0.4 is 10.5 Å². The van der Waals surface area contributed by atoms with Crippen molar-refractivity contribution in [2.24, 2.45) is 0 Å². The smallest absolute Gasteiger partial charge is 0.303 e. The number of imidazole rings is 1. The van der Waals surface area contributed by atoms with E-state index < -0.39 is 5.97 Å². The number of unbranched alkanes of at least 4 members (excludes halogenated alkanes) is 3. The van der Waals surface area contributed by atoms with Crippen molar-refractivity contribution in [1.82, 2.24) is 14.4 Å². The van der Waals surface area contributed by atoms with Gasteiger partial charge in [-0.25, -0.2) is 9.97 Å². The summed E-state index contributed by atoms with van der Waals surface area (Å²) in [6.07, 6.45) is 9.55. The zero-order valence-corrected chi connectivity index (χ0v) is 20.1. The third-order valence-corrected chi connectivity index (χ3v) is 6.19. The molecule has 0 saturated heterocycles. The van der Waals surface area contributed by atoms with Crippen LogP contribution in [-0.2, 0) is 4.79 Å². The quantitative estimate of drug-likeness (QED) is 0.223. The molecule has 1 atom stereocenters. The van der Waals surface area contributed by atoms with Gasteiger partial charge in [0.05, 0.1) is 0 Å². The van der Waals surface area contributed by atoms with Crippen LogP contribution >= 0.6 is 0 Å². The van der Waals surface area contributed by atoms with Gasteiger partial charge in [-0.1, -0.05) is 50.8 Å². The third kappa shape index (κ3) is 5.98. The minimum atomic E-state index is -0.792. The molecule has 2 aromatic carbocycles. The number of benzene rings is 2. The van der Waals surface area contributed by atoms with E-state index in [0.29, 0.717) is 12.2 Å². The average molecular weight is 473 g/mol. The first-order valence-corrected chi connectivity index (χ1v) is 12.2. The van der Waals surface area contributed by atoms with Crippen LogP contribution in [0.1, 0.15) is 63.6 Å². The van der Waals surface area contributed by atoms with Crippen molar-refractivity contribution in [1.29, 1.82) is 0 Å². The number of para-hydroxylation sites is 1. The average Bonchev–Trinajstić information content (AvgIpc) is 3.25. The summed E-state index contributed by atoms with van der Waals surface area (Å²) >= 11 is 0. The molecule has 7 nitrogen and oxygen atoms in total. The Balaban J connectivity index is 1.67. The Labute approximate surface area is 205 Å². The molecule has 0 spiro atoms. The maximum absolute atomic E-state index is 11.3. The van der Waals surface area contributed by atoms with Crippen LogP contribution in [0.2, 0.25) is 0 Å². The van der Waals surface area contributed by atoms with Crippen molar-refractivity contribution in [2.45, 2.75) is 57.8 Å². The third-order valence-electron chi connectivity index (χ3n) is 6.19. The van der Waals surface area contributed by atoms with Crippen LogP contribution in [0, 0.1) is 0 Å². The molecule has 4 rings (SSSR count). The second-order valence-corrected chi connectivity index (χ2v) is 8.77. The number of nitrogens with two attached hydrogens (primary N) is 1. The van der Waals surface area contributed by atoms with Gasteiger partial charge in [0, 0.05) is 30.3 Å². The molecule has 182 valence electrons.